The molecule has 2 aromatic carbocycles. The lowest BCUT2D eigenvalue weighted by Crippen LogP contribution is -2.26. The summed E-state index contributed by atoms with van der Waals surface area (Å²) in [6.07, 6.45) is 8.15. The summed E-state index contributed by atoms with van der Waals surface area (Å²) in [5, 5.41) is 3.02. The first-order valence-electron chi connectivity index (χ1n) is 11.5. The molecule has 0 saturated heterocycles. The Morgan fingerprint density at radius 2 is 1.27 bits per heavy atom. The Kier molecular flexibility index (Phi) is 7.86. The number of hydrogen-bond donors (Lipinski definition) is 0. The highest BCUT2D eigenvalue weighted by Crippen LogP contribution is 2.52. The second-order valence-electron chi connectivity index (χ2n) is 9.00. The van der Waals surface area contributed by atoms with Gasteiger partial charge in [0, 0.05) is 0 Å². The van der Waals surface area contributed by atoms with Gasteiger partial charge >= 0.3 is 0 Å². The molecule has 2 nitrogen and oxygen atoms in total. The number of methoxy groups -OCH3 is 2. The van der Waals surface area contributed by atoms with Gasteiger partial charge in [-0.25, -0.2) is 0 Å². The van der Waals surface area contributed by atoms with Gasteiger partial charge in [0.2, 0.25) is 0 Å². The van der Waals surface area contributed by atoms with Crippen LogP contribution in [0.1, 0.15) is 67.7 Å². The zero-order valence-electron chi connectivity index (χ0n) is 20.0. The van der Waals surface area contributed by atoms with Crippen LogP contribution in [-0.2, 0) is 0 Å². The molecule has 0 amide bonds. The number of rotatable bonds is 8. The molecular weight excluding hydrogens is 387 g/mol. The molecule has 3 rings (SSSR count). The summed E-state index contributed by atoms with van der Waals surface area (Å²) in [7, 11) is 3.15. The molecule has 2 atom stereocenters. The third kappa shape index (κ3) is 4.70. The standard InChI is InChI=1S/C27H39O2P/c1-8-9-11-22-12-10-13-25(22)30(23-14-18(2)26(28-6)19(3)15-23)24-16-20(4)27(29-7)21(5)17-24/h14-17,22,25H,8-13H2,1-7H3/t22-,25?/m1/s1. The Hall–Kier alpha value is -1.53. The normalized spacial score (nSPS) is 18.8. The summed E-state index contributed by atoms with van der Waals surface area (Å²) in [6, 6.07) is 9.62. The van der Waals surface area contributed by atoms with Crippen LogP contribution in [0.4, 0.5) is 0 Å². The number of aryl methyl sites for hydroxylation is 4. The van der Waals surface area contributed by atoms with Crippen molar-refractivity contribution in [2.45, 2.75) is 78.8 Å². The lowest BCUT2D eigenvalue weighted by Gasteiger charge is -2.32. The third-order valence-corrected chi connectivity index (χ3v) is 9.71. The van der Waals surface area contributed by atoms with E-state index in [1.54, 1.807) is 14.2 Å². The summed E-state index contributed by atoms with van der Waals surface area (Å²) in [5.41, 5.74) is 5.79. The zero-order valence-corrected chi connectivity index (χ0v) is 20.9. The fourth-order valence-electron chi connectivity index (χ4n) is 5.47. The fraction of sp³-hybridized carbons (Fsp3) is 0.556. The molecule has 1 aliphatic carbocycles. The predicted molar refractivity (Wildman–Crippen MR) is 132 cm³/mol. The van der Waals surface area contributed by atoms with Gasteiger partial charge in [0.1, 0.15) is 11.5 Å². The van der Waals surface area contributed by atoms with Crippen molar-refractivity contribution >= 4 is 18.5 Å². The Bertz CT molecular complexity index is 768. The molecule has 1 fully saturated rings. The molecule has 0 heterocycles. The van der Waals surface area contributed by atoms with Gasteiger partial charge < -0.3 is 9.47 Å². The maximum atomic E-state index is 5.68. The Morgan fingerprint density at radius 3 is 1.67 bits per heavy atom. The van der Waals surface area contributed by atoms with Crippen LogP contribution in [0, 0.1) is 33.6 Å². The molecule has 0 aliphatic heterocycles. The zero-order chi connectivity index (χ0) is 21.8. The maximum Gasteiger partial charge on any atom is 0.124 e. The summed E-state index contributed by atoms with van der Waals surface area (Å²) in [6.45, 7) is 11.1. The number of ether oxygens (including phenoxy) is 2. The van der Waals surface area contributed by atoms with Gasteiger partial charge in [-0.2, -0.15) is 0 Å². The van der Waals surface area contributed by atoms with E-state index >= 15 is 0 Å². The molecule has 1 saturated carbocycles. The van der Waals surface area contributed by atoms with Gasteiger partial charge in [-0.1, -0.05) is 26.2 Å². The van der Waals surface area contributed by atoms with Crippen molar-refractivity contribution in [3.05, 3.63) is 46.5 Å². The van der Waals surface area contributed by atoms with E-state index < -0.39 is 7.92 Å². The van der Waals surface area contributed by atoms with E-state index in [0.29, 0.717) is 0 Å². The molecular formula is C27H39O2P. The topological polar surface area (TPSA) is 18.5 Å². The molecule has 0 bridgehead atoms. The molecule has 2 aromatic rings. The highest BCUT2D eigenvalue weighted by atomic mass is 31.1. The second kappa shape index (κ2) is 10.2. The molecule has 0 aromatic heterocycles. The summed E-state index contributed by atoms with van der Waals surface area (Å²) >= 11 is 0. The van der Waals surface area contributed by atoms with Crippen molar-refractivity contribution in [2.75, 3.05) is 14.2 Å². The van der Waals surface area contributed by atoms with E-state index in [0.717, 1.165) is 23.1 Å². The smallest absolute Gasteiger partial charge is 0.124 e. The van der Waals surface area contributed by atoms with Crippen LogP contribution < -0.4 is 20.1 Å². The minimum absolute atomic E-state index is 0.419. The van der Waals surface area contributed by atoms with Gasteiger partial charge in [0.15, 0.2) is 0 Å². The van der Waals surface area contributed by atoms with Crippen molar-refractivity contribution < 1.29 is 9.47 Å². The SMILES string of the molecule is CCCC[C@@H]1CCCC1P(c1cc(C)c(OC)c(C)c1)c1cc(C)c(OC)c(C)c1. The largest absolute Gasteiger partial charge is 0.496 e. The van der Waals surface area contributed by atoms with Crippen LogP contribution in [0.15, 0.2) is 24.3 Å². The highest BCUT2D eigenvalue weighted by molar-refractivity contribution is 7.73. The molecule has 0 N–H and O–H groups in total. The van der Waals surface area contributed by atoms with E-state index in [9.17, 15) is 0 Å². The molecule has 0 radical (unpaired) electrons. The van der Waals surface area contributed by atoms with Crippen molar-refractivity contribution in [1.82, 2.24) is 0 Å². The summed E-state index contributed by atoms with van der Waals surface area (Å²) in [4.78, 5) is 0. The van der Waals surface area contributed by atoms with Crippen molar-refractivity contribution in [2.24, 2.45) is 5.92 Å². The van der Waals surface area contributed by atoms with Crippen LogP contribution >= 0.6 is 7.92 Å². The lowest BCUT2D eigenvalue weighted by molar-refractivity contribution is 0.408. The average Bonchev–Trinajstić information content (AvgIpc) is 3.14. The fourth-order valence-corrected chi connectivity index (χ4v) is 9.02. The predicted octanol–water partition coefficient (Wildman–Crippen LogP) is 6.73. The first-order chi connectivity index (χ1) is 14.4. The van der Waals surface area contributed by atoms with Gasteiger partial charge in [0.05, 0.1) is 14.2 Å². The second-order valence-corrected chi connectivity index (χ2v) is 11.4. The van der Waals surface area contributed by atoms with Gasteiger partial charge in [0.25, 0.3) is 0 Å². The first-order valence-corrected chi connectivity index (χ1v) is 12.9. The summed E-state index contributed by atoms with van der Waals surface area (Å²) in [5.74, 6) is 2.91. The van der Waals surface area contributed by atoms with Gasteiger partial charge in [-0.05, 0) is 124 Å². The maximum absolute atomic E-state index is 5.68. The minimum atomic E-state index is -0.419. The van der Waals surface area contributed by atoms with Gasteiger partial charge in [-0.15, -0.1) is 0 Å². The van der Waals surface area contributed by atoms with E-state index in [2.05, 4.69) is 58.9 Å². The van der Waals surface area contributed by atoms with Crippen LogP contribution in [0.5, 0.6) is 11.5 Å². The van der Waals surface area contributed by atoms with E-state index in [4.69, 9.17) is 9.47 Å². The van der Waals surface area contributed by atoms with Crippen molar-refractivity contribution in [3.8, 4) is 11.5 Å². The van der Waals surface area contributed by atoms with Gasteiger partial charge in [-0.3, -0.25) is 0 Å². The van der Waals surface area contributed by atoms with E-state index in [1.807, 2.05) is 0 Å². The Labute approximate surface area is 185 Å². The van der Waals surface area contributed by atoms with Crippen LogP contribution in [0.3, 0.4) is 0 Å². The number of benzene rings is 2. The van der Waals surface area contributed by atoms with Crippen LogP contribution in [0.25, 0.3) is 0 Å². The molecule has 30 heavy (non-hydrogen) atoms. The monoisotopic (exact) mass is 426 g/mol. The lowest BCUT2D eigenvalue weighted by atomic mass is 10.0. The molecule has 1 aliphatic rings. The average molecular weight is 427 g/mol. The van der Waals surface area contributed by atoms with Crippen LogP contribution in [-0.4, -0.2) is 19.9 Å². The number of hydrogen-bond acceptors (Lipinski definition) is 2. The van der Waals surface area contributed by atoms with E-state index in [1.165, 1.54) is 71.4 Å². The minimum Gasteiger partial charge on any atom is -0.496 e. The highest BCUT2D eigenvalue weighted by Gasteiger charge is 2.35. The van der Waals surface area contributed by atoms with Crippen molar-refractivity contribution in [3.63, 3.8) is 0 Å². The number of unbranched alkanes of at least 4 members (excludes halogenated alkanes) is 1. The Balaban J connectivity index is 2.13. The summed E-state index contributed by atoms with van der Waals surface area (Å²) < 4.78 is 11.4. The molecule has 164 valence electrons. The van der Waals surface area contributed by atoms with Crippen LogP contribution in [0.2, 0.25) is 0 Å². The van der Waals surface area contributed by atoms with E-state index in [-0.39, 0.29) is 0 Å². The molecule has 3 heteroatoms. The first kappa shape index (κ1) is 23.1. The Morgan fingerprint density at radius 1 is 0.800 bits per heavy atom. The third-order valence-electron chi connectivity index (χ3n) is 6.73. The quantitative estimate of drug-likeness (QED) is 0.436. The van der Waals surface area contributed by atoms with Crippen molar-refractivity contribution in [1.29, 1.82) is 0 Å². The molecule has 1 unspecified atom stereocenters. The molecule has 0 spiro atoms.